The first-order chi connectivity index (χ1) is 20.5. The highest BCUT2D eigenvalue weighted by molar-refractivity contribution is 5.09. The van der Waals surface area contributed by atoms with Crippen molar-refractivity contribution >= 4 is 0 Å². The Hall–Kier alpha value is -0.260. The van der Waals surface area contributed by atoms with Gasteiger partial charge in [0.2, 0.25) is 0 Å². The minimum absolute atomic E-state index is 0.532. The normalized spacial score (nSPS) is 24.1. The fourth-order valence-electron chi connectivity index (χ4n) is 6.60. The van der Waals surface area contributed by atoms with Crippen molar-refractivity contribution in [2.24, 2.45) is 75.9 Å². The lowest BCUT2D eigenvalue weighted by molar-refractivity contribution is 0.0955. The summed E-state index contributed by atoms with van der Waals surface area (Å²) in [6.07, 6.45) is 16.5. The van der Waals surface area contributed by atoms with Crippen molar-refractivity contribution in [1.29, 1.82) is 0 Å². The highest BCUT2D eigenvalue weighted by Gasteiger charge is 2.34. The molecule has 0 aliphatic heterocycles. The molecule has 0 heterocycles. The van der Waals surface area contributed by atoms with Gasteiger partial charge in [-0.3, -0.25) is 0 Å². The first kappa shape index (κ1) is 46.9. The third-order valence-electron chi connectivity index (χ3n) is 12.4. The molecule has 1 fully saturated rings. The summed E-state index contributed by atoms with van der Waals surface area (Å²) in [5.41, 5.74) is 2.81. The zero-order valence-electron chi connectivity index (χ0n) is 35.5. The van der Waals surface area contributed by atoms with E-state index in [1.54, 1.807) is 5.57 Å². The van der Waals surface area contributed by atoms with Crippen molar-refractivity contribution in [2.75, 3.05) is 0 Å². The summed E-state index contributed by atoms with van der Waals surface area (Å²) in [4.78, 5) is 0. The smallest absolute Gasteiger partial charge is 0.0180 e. The molecule has 0 nitrogen and oxygen atoms in total. The molecule has 272 valence electrons. The van der Waals surface area contributed by atoms with Crippen LogP contribution in [-0.2, 0) is 0 Å². The lowest BCUT2D eigenvalue weighted by Gasteiger charge is -2.41. The monoisotopic (exact) mass is 633 g/mol. The van der Waals surface area contributed by atoms with Crippen molar-refractivity contribution in [1.82, 2.24) is 0 Å². The van der Waals surface area contributed by atoms with E-state index in [-0.39, 0.29) is 0 Å². The zero-order valence-corrected chi connectivity index (χ0v) is 35.5. The molecule has 45 heavy (non-hydrogen) atoms. The number of allylic oxidation sites excluding steroid dienone is 2. The largest absolute Gasteiger partial charge is 0.0850 e. The lowest BCUT2D eigenvalue weighted by Crippen LogP contribution is -2.30. The molecule has 1 saturated carbocycles. The summed E-state index contributed by atoms with van der Waals surface area (Å²) in [5, 5.41) is 0. The summed E-state index contributed by atoms with van der Waals surface area (Å²) >= 11 is 0. The first-order valence-electron chi connectivity index (χ1n) is 20.1. The van der Waals surface area contributed by atoms with Gasteiger partial charge in [-0.05, 0) is 128 Å². The molecule has 2 rings (SSSR count). The van der Waals surface area contributed by atoms with Gasteiger partial charge in [-0.2, -0.15) is 0 Å². The maximum absolute atomic E-state index is 2.48. The van der Waals surface area contributed by atoms with E-state index in [9.17, 15) is 0 Å². The van der Waals surface area contributed by atoms with E-state index in [4.69, 9.17) is 0 Å². The molecule has 0 N–H and O–H groups in total. The Morgan fingerprint density at radius 2 is 1.07 bits per heavy atom. The van der Waals surface area contributed by atoms with E-state index >= 15 is 0 Å². The highest BCUT2D eigenvalue weighted by atomic mass is 14.4. The van der Waals surface area contributed by atoms with Crippen molar-refractivity contribution in [3.05, 3.63) is 11.6 Å². The third kappa shape index (κ3) is 21.4. The van der Waals surface area contributed by atoms with E-state index in [0.29, 0.717) is 10.8 Å². The SMILES string of the molecule is CC(C)C1CCC(C)(C(C)C)CC1.CC(C)CCC(C)(C)C(C)C.CC(C)CCC(C)C.CC1=CCC(C(C)C)CC1C(C)C. The third-order valence-corrected chi connectivity index (χ3v) is 12.4. The lowest BCUT2D eigenvalue weighted by atomic mass is 9.64. The van der Waals surface area contributed by atoms with E-state index in [1.165, 1.54) is 64.2 Å². The second-order valence-electron chi connectivity index (χ2n) is 19.6. The van der Waals surface area contributed by atoms with Gasteiger partial charge in [-0.15, -0.1) is 0 Å². The fourth-order valence-corrected chi connectivity index (χ4v) is 6.60. The summed E-state index contributed by atoms with van der Waals surface area (Å²) in [6.45, 7) is 46.8. The zero-order chi connectivity index (χ0) is 35.7. The van der Waals surface area contributed by atoms with Gasteiger partial charge in [0.1, 0.15) is 0 Å². The van der Waals surface area contributed by atoms with E-state index in [1.807, 2.05) is 0 Å². The first-order valence-corrected chi connectivity index (χ1v) is 20.1. The molecule has 2 atom stereocenters. The molecular formula is C45H92. The van der Waals surface area contributed by atoms with Crippen LogP contribution in [0.5, 0.6) is 0 Å². The van der Waals surface area contributed by atoms with Gasteiger partial charge in [0.25, 0.3) is 0 Å². The summed E-state index contributed by atoms with van der Waals surface area (Å²) < 4.78 is 0. The molecule has 0 amide bonds. The Bertz CT molecular complexity index is 709. The van der Waals surface area contributed by atoms with Crippen LogP contribution in [0.15, 0.2) is 11.6 Å². The van der Waals surface area contributed by atoms with Crippen LogP contribution in [0.1, 0.15) is 203 Å². The van der Waals surface area contributed by atoms with Gasteiger partial charge >= 0.3 is 0 Å². The standard InChI is InChI=1S/C13H26.C13H24.C11H24.C8H18/c1-10(2)12-6-8-13(5,9-7-12)11(3)4;1-9(2)12-7-6-11(5)13(8-12)10(3)4;1-9(2)7-8-11(5,6)10(3)4;1-7(2)5-6-8(3)4/h10-12H,6-9H2,1-5H3;6,9-10,12-13H,7-8H2,1-5H3;9-10H,7-8H2,1-6H3;7-8H,5-6H2,1-4H3. The second-order valence-corrected chi connectivity index (χ2v) is 19.6. The second kappa shape index (κ2) is 23.2. The molecular weight excluding hydrogens is 540 g/mol. The van der Waals surface area contributed by atoms with Crippen LogP contribution < -0.4 is 0 Å². The Balaban J connectivity index is 0. The molecule has 0 bridgehead atoms. The maximum Gasteiger partial charge on any atom is -0.0180 e. The molecule has 0 saturated heterocycles. The van der Waals surface area contributed by atoms with Gasteiger partial charge in [-0.1, -0.05) is 162 Å². The van der Waals surface area contributed by atoms with Gasteiger partial charge < -0.3 is 0 Å². The maximum atomic E-state index is 2.48. The Morgan fingerprint density at radius 1 is 0.644 bits per heavy atom. The molecule has 0 aromatic carbocycles. The van der Waals surface area contributed by atoms with Gasteiger partial charge in [0.15, 0.2) is 0 Å². The number of hydrogen-bond acceptors (Lipinski definition) is 0. The average molecular weight is 633 g/mol. The highest BCUT2D eigenvalue weighted by Crippen LogP contribution is 2.45. The summed E-state index contributed by atoms with van der Waals surface area (Å²) in [5.74, 6) is 9.65. The van der Waals surface area contributed by atoms with Crippen LogP contribution in [0, 0.1) is 75.9 Å². The molecule has 0 heteroatoms. The van der Waals surface area contributed by atoms with E-state index < -0.39 is 0 Å². The van der Waals surface area contributed by atoms with Gasteiger partial charge in [-0.25, -0.2) is 0 Å². The van der Waals surface area contributed by atoms with Gasteiger partial charge in [0, 0.05) is 0 Å². The van der Waals surface area contributed by atoms with Crippen LogP contribution in [0.2, 0.25) is 0 Å². The molecule has 2 aliphatic rings. The van der Waals surface area contributed by atoms with E-state index in [0.717, 1.165) is 65.1 Å². The minimum atomic E-state index is 0.532. The fraction of sp³-hybridized carbons (Fsp3) is 0.956. The van der Waals surface area contributed by atoms with Crippen LogP contribution >= 0.6 is 0 Å². The van der Waals surface area contributed by atoms with Crippen LogP contribution in [0.4, 0.5) is 0 Å². The topological polar surface area (TPSA) is 0 Å². The summed E-state index contributed by atoms with van der Waals surface area (Å²) in [7, 11) is 0. The Labute approximate surface area is 289 Å². The van der Waals surface area contributed by atoms with Crippen LogP contribution in [0.25, 0.3) is 0 Å². The predicted octanol–water partition coefficient (Wildman–Crippen LogP) is 15.9. The molecule has 0 aromatic rings. The molecule has 0 spiro atoms. The average Bonchev–Trinajstić information content (AvgIpc) is 2.92. The number of rotatable bonds is 11. The van der Waals surface area contributed by atoms with E-state index in [2.05, 4.69) is 145 Å². The Morgan fingerprint density at radius 3 is 1.38 bits per heavy atom. The number of hydrogen-bond donors (Lipinski definition) is 0. The van der Waals surface area contributed by atoms with Crippen molar-refractivity contribution in [3.63, 3.8) is 0 Å². The quantitative estimate of drug-likeness (QED) is 0.199. The van der Waals surface area contributed by atoms with Crippen LogP contribution in [-0.4, -0.2) is 0 Å². The molecule has 2 aliphatic carbocycles. The minimum Gasteiger partial charge on any atom is -0.0850 e. The summed E-state index contributed by atoms with van der Waals surface area (Å²) in [6, 6.07) is 0. The predicted molar refractivity (Wildman–Crippen MR) is 211 cm³/mol. The van der Waals surface area contributed by atoms with Gasteiger partial charge in [0.05, 0.1) is 0 Å². The molecule has 2 unspecified atom stereocenters. The van der Waals surface area contributed by atoms with Crippen molar-refractivity contribution in [3.8, 4) is 0 Å². The van der Waals surface area contributed by atoms with Crippen molar-refractivity contribution < 1.29 is 0 Å². The van der Waals surface area contributed by atoms with Crippen molar-refractivity contribution in [2.45, 2.75) is 203 Å². The Kier molecular flexibility index (Phi) is 24.1. The van der Waals surface area contributed by atoms with Crippen LogP contribution in [0.3, 0.4) is 0 Å². The molecule has 0 radical (unpaired) electrons. The molecule has 0 aromatic heterocycles.